The molecule has 20 heavy (non-hydrogen) atoms. The molecule has 1 rings (SSSR count). The van der Waals surface area contributed by atoms with E-state index in [-0.39, 0.29) is 11.1 Å². The monoisotopic (exact) mass is 323 g/mol. The minimum Gasteiger partial charge on any atom is -0.383 e. The summed E-state index contributed by atoms with van der Waals surface area (Å²) in [6.45, 7) is 1.90. The molecule has 0 heterocycles. The lowest BCUT2D eigenvalue weighted by Gasteiger charge is -2.17. The minimum atomic E-state index is -4.12. The molecule has 0 atom stereocenters. The summed E-state index contributed by atoms with van der Waals surface area (Å²) in [6.07, 6.45) is 0. The molecule has 1 amide bonds. The second-order valence-corrected chi connectivity index (χ2v) is 6.77. The van der Waals surface area contributed by atoms with Crippen LogP contribution in [0.15, 0.2) is 17.0 Å². The van der Waals surface area contributed by atoms with Crippen LogP contribution in [0.5, 0.6) is 0 Å². The summed E-state index contributed by atoms with van der Waals surface area (Å²) in [5, 5.41) is 0. The first kappa shape index (κ1) is 16.9. The SMILES string of the molecule is COCCN(C)C(=O)c1cc(F)c(C)c(S(=O)(=O)Cl)c1. The van der Waals surface area contributed by atoms with Crippen molar-refractivity contribution in [3.05, 3.63) is 29.1 Å². The predicted molar refractivity (Wildman–Crippen MR) is 73.0 cm³/mol. The Kier molecular flexibility index (Phi) is 5.50. The Morgan fingerprint density at radius 2 is 2.05 bits per heavy atom. The van der Waals surface area contributed by atoms with Gasteiger partial charge in [-0.3, -0.25) is 4.79 Å². The summed E-state index contributed by atoms with van der Waals surface area (Å²) >= 11 is 0. The number of hydrogen-bond acceptors (Lipinski definition) is 4. The van der Waals surface area contributed by atoms with Gasteiger partial charge in [-0.25, -0.2) is 12.8 Å². The number of carbonyl (C=O) groups excluding carboxylic acids is 1. The topological polar surface area (TPSA) is 63.7 Å². The van der Waals surface area contributed by atoms with Crippen LogP contribution in [-0.2, 0) is 13.8 Å². The molecule has 0 spiro atoms. The lowest BCUT2D eigenvalue weighted by molar-refractivity contribution is 0.0743. The summed E-state index contributed by atoms with van der Waals surface area (Å²) in [6, 6.07) is 2.07. The fourth-order valence-electron chi connectivity index (χ4n) is 1.58. The van der Waals surface area contributed by atoms with Crippen LogP contribution in [0.4, 0.5) is 4.39 Å². The smallest absolute Gasteiger partial charge is 0.261 e. The van der Waals surface area contributed by atoms with Gasteiger partial charge in [-0.2, -0.15) is 0 Å². The van der Waals surface area contributed by atoms with Crippen LogP contribution < -0.4 is 0 Å². The van der Waals surface area contributed by atoms with Crippen molar-refractivity contribution in [2.24, 2.45) is 0 Å². The lowest BCUT2D eigenvalue weighted by Crippen LogP contribution is -2.30. The maximum atomic E-state index is 13.7. The zero-order chi connectivity index (χ0) is 15.5. The Bertz CT molecular complexity index is 618. The van der Waals surface area contributed by atoms with Gasteiger partial charge in [0.1, 0.15) is 5.82 Å². The number of methoxy groups -OCH3 is 1. The van der Waals surface area contributed by atoms with Crippen LogP contribution in [0.25, 0.3) is 0 Å². The van der Waals surface area contributed by atoms with Gasteiger partial charge in [0.05, 0.1) is 11.5 Å². The lowest BCUT2D eigenvalue weighted by atomic mass is 10.1. The van der Waals surface area contributed by atoms with Gasteiger partial charge in [-0.1, -0.05) is 0 Å². The van der Waals surface area contributed by atoms with Crippen molar-refractivity contribution in [2.75, 3.05) is 27.3 Å². The second kappa shape index (κ2) is 6.51. The molecule has 0 bridgehead atoms. The van der Waals surface area contributed by atoms with E-state index in [9.17, 15) is 17.6 Å². The standard InChI is InChI=1S/C12H15ClFNO4S/c1-8-10(14)6-9(7-11(8)20(13,17)18)12(16)15(2)4-5-19-3/h6-7H,4-5H2,1-3H3. The number of hydrogen-bond donors (Lipinski definition) is 0. The Labute approximate surface area is 121 Å². The molecule has 0 fully saturated rings. The van der Waals surface area contributed by atoms with Crippen molar-refractivity contribution in [3.8, 4) is 0 Å². The fourth-order valence-corrected chi connectivity index (χ4v) is 2.79. The Hall–Kier alpha value is -1.18. The van der Waals surface area contributed by atoms with Crippen LogP contribution in [0.1, 0.15) is 15.9 Å². The maximum absolute atomic E-state index is 13.7. The van der Waals surface area contributed by atoms with E-state index in [1.165, 1.54) is 26.0 Å². The van der Waals surface area contributed by atoms with E-state index < -0.39 is 25.7 Å². The van der Waals surface area contributed by atoms with E-state index in [4.69, 9.17) is 15.4 Å². The minimum absolute atomic E-state index is 0.0778. The van der Waals surface area contributed by atoms with Crippen molar-refractivity contribution in [2.45, 2.75) is 11.8 Å². The highest BCUT2D eigenvalue weighted by Gasteiger charge is 2.21. The van der Waals surface area contributed by atoms with Gasteiger partial charge in [0.2, 0.25) is 0 Å². The summed E-state index contributed by atoms with van der Waals surface area (Å²) in [7, 11) is 4.11. The molecule has 112 valence electrons. The molecule has 1 aromatic carbocycles. The number of rotatable bonds is 5. The van der Waals surface area contributed by atoms with Crippen molar-refractivity contribution >= 4 is 25.6 Å². The number of halogens is 2. The number of nitrogens with zero attached hydrogens (tertiary/aromatic N) is 1. The molecule has 0 aromatic heterocycles. The summed E-state index contributed by atoms with van der Waals surface area (Å²) in [5.41, 5.74) is -0.193. The predicted octanol–water partition coefficient (Wildman–Crippen LogP) is 1.78. The molecule has 0 aliphatic rings. The molecule has 0 saturated heterocycles. The highest BCUT2D eigenvalue weighted by atomic mass is 35.7. The molecule has 8 heteroatoms. The van der Waals surface area contributed by atoms with Gasteiger partial charge >= 0.3 is 0 Å². The van der Waals surface area contributed by atoms with Gasteiger partial charge in [-0.15, -0.1) is 0 Å². The third-order valence-electron chi connectivity index (χ3n) is 2.78. The zero-order valence-corrected chi connectivity index (χ0v) is 12.9. The molecule has 0 aliphatic carbocycles. The molecule has 5 nitrogen and oxygen atoms in total. The molecule has 0 N–H and O–H groups in total. The van der Waals surface area contributed by atoms with E-state index >= 15 is 0 Å². The third-order valence-corrected chi connectivity index (χ3v) is 4.23. The van der Waals surface area contributed by atoms with Gasteiger partial charge in [0.15, 0.2) is 0 Å². The highest BCUT2D eigenvalue weighted by molar-refractivity contribution is 8.13. The largest absolute Gasteiger partial charge is 0.383 e. The Balaban J connectivity index is 3.21. The van der Waals surface area contributed by atoms with Gasteiger partial charge in [-0.05, 0) is 19.1 Å². The van der Waals surface area contributed by atoms with Gasteiger partial charge in [0.25, 0.3) is 15.0 Å². The average Bonchev–Trinajstić information content (AvgIpc) is 2.36. The van der Waals surface area contributed by atoms with Crippen molar-refractivity contribution in [3.63, 3.8) is 0 Å². The van der Waals surface area contributed by atoms with Crippen LogP contribution in [0.2, 0.25) is 0 Å². The molecule has 0 saturated carbocycles. The van der Waals surface area contributed by atoms with Crippen LogP contribution in [0, 0.1) is 12.7 Å². The van der Waals surface area contributed by atoms with Gasteiger partial charge in [0, 0.05) is 42.5 Å². The van der Waals surface area contributed by atoms with E-state index in [1.54, 1.807) is 0 Å². The van der Waals surface area contributed by atoms with Crippen molar-refractivity contribution in [1.82, 2.24) is 4.90 Å². The molecule has 0 unspecified atom stereocenters. The van der Waals surface area contributed by atoms with E-state index in [0.29, 0.717) is 13.2 Å². The summed E-state index contributed by atoms with van der Waals surface area (Å²) in [4.78, 5) is 13.0. The number of carbonyl (C=O) groups is 1. The highest BCUT2D eigenvalue weighted by Crippen LogP contribution is 2.24. The van der Waals surface area contributed by atoms with Crippen LogP contribution >= 0.6 is 10.7 Å². The first-order valence-corrected chi connectivity index (χ1v) is 7.98. The summed E-state index contributed by atoms with van der Waals surface area (Å²) < 4.78 is 41.3. The van der Waals surface area contributed by atoms with Crippen molar-refractivity contribution < 1.29 is 22.3 Å². The maximum Gasteiger partial charge on any atom is 0.261 e. The fraction of sp³-hybridized carbons (Fsp3) is 0.417. The zero-order valence-electron chi connectivity index (χ0n) is 11.3. The molecule has 0 aliphatic heterocycles. The Morgan fingerprint density at radius 3 is 2.55 bits per heavy atom. The van der Waals surface area contributed by atoms with Gasteiger partial charge < -0.3 is 9.64 Å². The number of likely N-dealkylation sites (N-methyl/N-ethyl adjacent to an activating group) is 1. The number of ether oxygens (including phenoxy) is 1. The normalized spacial score (nSPS) is 11.4. The third kappa shape index (κ3) is 3.91. The van der Waals surface area contributed by atoms with Crippen molar-refractivity contribution in [1.29, 1.82) is 0 Å². The van der Waals surface area contributed by atoms with Crippen LogP contribution in [0.3, 0.4) is 0 Å². The summed E-state index contributed by atoms with van der Waals surface area (Å²) in [5.74, 6) is -1.31. The average molecular weight is 324 g/mol. The molecule has 1 aromatic rings. The molecular weight excluding hydrogens is 309 g/mol. The van der Waals surface area contributed by atoms with E-state index in [0.717, 1.165) is 12.1 Å². The molecule has 0 radical (unpaired) electrons. The van der Waals surface area contributed by atoms with E-state index in [2.05, 4.69) is 0 Å². The number of amides is 1. The molecular formula is C12H15ClFNO4S. The second-order valence-electron chi connectivity index (χ2n) is 4.24. The Morgan fingerprint density at radius 1 is 1.45 bits per heavy atom. The van der Waals surface area contributed by atoms with E-state index in [1.807, 2.05) is 0 Å². The number of benzene rings is 1. The quantitative estimate of drug-likeness (QED) is 0.775. The first-order chi connectivity index (χ1) is 9.18. The van der Waals surface area contributed by atoms with Crippen LogP contribution in [-0.4, -0.2) is 46.5 Å². The first-order valence-electron chi connectivity index (χ1n) is 5.67.